The molecule has 2 saturated heterocycles. The number of piperidine rings is 1. The van der Waals surface area contributed by atoms with Crippen molar-refractivity contribution in [2.24, 2.45) is 0 Å². The molecule has 0 saturated carbocycles. The van der Waals surface area contributed by atoms with Crippen LogP contribution in [-0.2, 0) is 0 Å². The first kappa shape index (κ1) is 19.8. The van der Waals surface area contributed by atoms with Gasteiger partial charge in [0.2, 0.25) is 0 Å². The summed E-state index contributed by atoms with van der Waals surface area (Å²) in [5, 5.41) is 0. The highest BCUT2D eigenvalue weighted by Gasteiger charge is 2.31. The number of pyridine rings is 1. The molecule has 1 aromatic heterocycles. The van der Waals surface area contributed by atoms with Crippen molar-refractivity contribution in [3.05, 3.63) is 59.5 Å². The molecule has 2 aliphatic heterocycles. The van der Waals surface area contributed by atoms with E-state index in [0.717, 1.165) is 57.7 Å². The van der Waals surface area contributed by atoms with E-state index < -0.39 is 0 Å². The molecule has 1 aromatic carbocycles. The molecule has 29 heavy (non-hydrogen) atoms. The van der Waals surface area contributed by atoms with Crippen molar-refractivity contribution in [2.75, 3.05) is 44.7 Å². The van der Waals surface area contributed by atoms with Crippen LogP contribution in [0.2, 0.25) is 0 Å². The Morgan fingerprint density at radius 3 is 2.69 bits per heavy atom. The Hall–Kier alpha value is -2.47. The van der Waals surface area contributed by atoms with Crippen molar-refractivity contribution in [3.8, 4) is 0 Å². The molecule has 6 heteroatoms. The maximum absolute atomic E-state index is 14.4. The number of hydrogen-bond acceptors (Lipinski definition) is 4. The van der Waals surface area contributed by atoms with E-state index in [1.165, 1.54) is 6.07 Å². The van der Waals surface area contributed by atoms with Gasteiger partial charge in [-0.3, -0.25) is 4.79 Å². The fourth-order valence-electron chi connectivity index (χ4n) is 4.38. The molecule has 1 amide bonds. The average molecular weight is 397 g/mol. The van der Waals surface area contributed by atoms with Crippen LogP contribution in [0.25, 0.3) is 0 Å². The number of rotatable bonds is 3. The molecule has 154 valence electrons. The summed E-state index contributed by atoms with van der Waals surface area (Å²) in [5.41, 5.74) is 1.05. The third kappa shape index (κ3) is 4.42. The van der Waals surface area contributed by atoms with Gasteiger partial charge in [-0.2, -0.15) is 0 Å². The number of nitrogens with zero attached hydrogens (tertiary/aromatic N) is 4. The van der Waals surface area contributed by atoms with E-state index in [9.17, 15) is 9.18 Å². The van der Waals surface area contributed by atoms with E-state index in [0.29, 0.717) is 17.8 Å². The van der Waals surface area contributed by atoms with Crippen LogP contribution in [0.4, 0.5) is 10.2 Å². The summed E-state index contributed by atoms with van der Waals surface area (Å²) in [6, 6.07) is 12.2. The largest absolute Gasteiger partial charge is 0.355 e. The zero-order valence-corrected chi connectivity index (χ0v) is 17.1. The molecular formula is C23H29FN4O. The predicted octanol–water partition coefficient (Wildman–Crippen LogP) is 3.73. The molecule has 3 heterocycles. The van der Waals surface area contributed by atoms with Crippen molar-refractivity contribution < 1.29 is 9.18 Å². The van der Waals surface area contributed by atoms with E-state index in [2.05, 4.69) is 16.8 Å². The van der Waals surface area contributed by atoms with Gasteiger partial charge in [0.05, 0.1) is 6.04 Å². The minimum absolute atomic E-state index is 0.105. The Labute approximate surface area is 172 Å². The summed E-state index contributed by atoms with van der Waals surface area (Å²) in [7, 11) is 2.14. The van der Waals surface area contributed by atoms with Gasteiger partial charge in [-0.25, -0.2) is 9.37 Å². The van der Waals surface area contributed by atoms with Gasteiger partial charge in [-0.15, -0.1) is 0 Å². The zero-order chi connectivity index (χ0) is 20.2. The number of halogens is 1. The molecule has 5 nitrogen and oxygen atoms in total. The van der Waals surface area contributed by atoms with E-state index in [1.807, 2.05) is 23.1 Å². The highest BCUT2D eigenvalue weighted by molar-refractivity contribution is 5.93. The van der Waals surface area contributed by atoms with Crippen LogP contribution in [0.1, 0.15) is 47.8 Å². The lowest BCUT2D eigenvalue weighted by molar-refractivity contribution is 0.0601. The molecule has 0 spiro atoms. The topological polar surface area (TPSA) is 39.7 Å². The second kappa shape index (κ2) is 8.91. The van der Waals surface area contributed by atoms with Crippen LogP contribution >= 0.6 is 0 Å². The Balaban J connectivity index is 1.57. The van der Waals surface area contributed by atoms with Crippen molar-refractivity contribution in [3.63, 3.8) is 0 Å². The summed E-state index contributed by atoms with van der Waals surface area (Å²) in [5.74, 6) is 0.505. The van der Waals surface area contributed by atoms with E-state index in [4.69, 9.17) is 4.98 Å². The predicted molar refractivity (Wildman–Crippen MR) is 113 cm³/mol. The summed E-state index contributed by atoms with van der Waals surface area (Å²) in [4.78, 5) is 24.5. The van der Waals surface area contributed by atoms with Gasteiger partial charge in [-0.1, -0.05) is 24.3 Å². The molecule has 0 radical (unpaired) electrons. The average Bonchev–Trinajstić information content (AvgIpc) is 2.98. The minimum Gasteiger partial charge on any atom is -0.355 e. The van der Waals surface area contributed by atoms with Crippen molar-refractivity contribution in [1.29, 1.82) is 0 Å². The van der Waals surface area contributed by atoms with Gasteiger partial charge >= 0.3 is 0 Å². The van der Waals surface area contributed by atoms with E-state index in [1.54, 1.807) is 18.2 Å². The van der Waals surface area contributed by atoms with Crippen LogP contribution in [-0.4, -0.2) is 60.5 Å². The van der Waals surface area contributed by atoms with Gasteiger partial charge in [0.1, 0.15) is 17.3 Å². The molecular weight excluding hydrogens is 367 g/mol. The molecule has 1 atom stereocenters. The Kier molecular flexibility index (Phi) is 6.09. The Morgan fingerprint density at radius 1 is 0.966 bits per heavy atom. The number of hydrogen-bond donors (Lipinski definition) is 0. The maximum Gasteiger partial charge on any atom is 0.273 e. The zero-order valence-electron chi connectivity index (χ0n) is 17.1. The normalized spacial score (nSPS) is 21.1. The Bertz CT molecular complexity index is 858. The number of aromatic nitrogens is 1. The second-order valence-corrected chi connectivity index (χ2v) is 8.06. The van der Waals surface area contributed by atoms with Crippen molar-refractivity contribution in [2.45, 2.75) is 31.7 Å². The molecule has 0 N–H and O–H groups in total. The van der Waals surface area contributed by atoms with Gasteiger partial charge < -0.3 is 14.7 Å². The number of likely N-dealkylation sites (N-methyl/N-ethyl adjacent to an activating group) is 1. The summed E-state index contributed by atoms with van der Waals surface area (Å²) >= 11 is 0. The van der Waals surface area contributed by atoms with Crippen molar-refractivity contribution >= 4 is 11.7 Å². The second-order valence-electron chi connectivity index (χ2n) is 8.06. The smallest absolute Gasteiger partial charge is 0.273 e. The van der Waals surface area contributed by atoms with Crippen LogP contribution < -0.4 is 4.90 Å². The lowest BCUT2D eigenvalue weighted by atomic mass is 9.94. The molecule has 4 rings (SSSR count). The fraction of sp³-hybridized carbons (Fsp3) is 0.478. The minimum atomic E-state index is -0.243. The van der Waals surface area contributed by atoms with Gasteiger partial charge in [-0.05, 0) is 57.5 Å². The molecule has 2 aliphatic rings. The number of benzene rings is 1. The number of likely N-dealkylation sites (tertiary alicyclic amines) is 1. The lowest BCUT2D eigenvalue weighted by Gasteiger charge is -2.36. The first-order valence-corrected chi connectivity index (χ1v) is 10.6. The van der Waals surface area contributed by atoms with Gasteiger partial charge in [0.25, 0.3) is 5.91 Å². The molecule has 2 fully saturated rings. The summed E-state index contributed by atoms with van der Waals surface area (Å²) in [6.07, 6.45) is 3.80. The molecule has 0 aliphatic carbocycles. The van der Waals surface area contributed by atoms with Crippen molar-refractivity contribution in [1.82, 2.24) is 14.8 Å². The maximum atomic E-state index is 14.4. The SMILES string of the molecule is CN1CCCN(c2cccc(C(=O)N3CCCC[C@@H]3c3ccccc3F)n2)CC1. The van der Waals surface area contributed by atoms with Crippen LogP contribution in [0.15, 0.2) is 42.5 Å². The highest BCUT2D eigenvalue weighted by atomic mass is 19.1. The quantitative estimate of drug-likeness (QED) is 0.793. The van der Waals surface area contributed by atoms with Gasteiger partial charge in [0, 0.05) is 31.7 Å². The lowest BCUT2D eigenvalue weighted by Crippen LogP contribution is -2.39. The third-order valence-corrected chi connectivity index (χ3v) is 6.02. The number of amides is 1. The number of anilines is 1. The molecule has 0 unspecified atom stereocenters. The standard InChI is InChI=1S/C23H29FN4O/c1-26-13-7-14-27(17-16-26)22-12-6-10-20(25-22)23(29)28-15-5-4-11-21(28)18-8-2-3-9-19(18)24/h2-3,6,8-10,12,21H,4-5,7,11,13-17H2,1H3/t21-/m1/s1. The van der Waals surface area contributed by atoms with Crippen LogP contribution in [0, 0.1) is 5.82 Å². The van der Waals surface area contributed by atoms with Crippen LogP contribution in [0.3, 0.4) is 0 Å². The third-order valence-electron chi connectivity index (χ3n) is 6.02. The fourth-order valence-corrected chi connectivity index (χ4v) is 4.38. The summed E-state index contributed by atoms with van der Waals surface area (Å²) in [6.45, 7) is 4.55. The monoisotopic (exact) mass is 396 g/mol. The highest BCUT2D eigenvalue weighted by Crippen LogP contribution is 2.33. The summed E-state index contributed by atoms with van der Waals surface area (Å²) < 4.78 is 14.4. The van der Waals surface area contributed by atoms with Gasteiger partial charge in [0.15, 0.2) is 0 Å². The number of carbonyl (C=O) groups excluding carboxylic acids is 1. The first-order valence-electron chi connectivity index (χ1n) is 10.6. The molecule has 0 bridgehead atoms. The molecule has 2 aromatic rings. The van der Waals surface area contributed by atoms with E-state index in [-0.39, 0.29) is 17.8 Å². The van der Waals surface area contributed by atoms with Crippen LogP contribution in [0.5, 0.6) is 0 Å². The number of carbonyl (C=O) groups is 1. The first-order chi connectivity index (χ1) is 14.1. The Morgan fingerprint density at radius 2 is 1.83 bits per heavy atom. The van der Waals surface area contributed by atoms with E-state index >= 15 is 0 Å².